The van der Waals surface area contributed by atoms with Crippen LogP contribution in [-0.4, -0.2) is 22.2 Å². The van der Waals surface area contributed by atoms with Gasteiger partial charge < -0.3 is 10.2 Å². The maximum Gasteiger partial charge on any atom is 0.370 e. The number of nitrogens with zero attached hydrogens (tertiary/aromatic N) is 2. The number of carbonyl (C=O) groups is 2. The van der Waals surface area contributed by atoms with Crippen molar-refractivity contribution in [1.29, 1.82) is 0 Å². The summed E-state index contributed by atoms with van der Waals surface area (Å²) in [6.07, 6.45) is 7.64. The molecule has 0 atom stereocenters. The molecular weight excluding hydrogens is 272 g/mol. The molecule has 0 aromatic carbocycles. The number of hydrogen-bond acceptors (Lipinski definition) is 2. The molecule has 0 aliphatic carbocycles. The fourth-order valence-electron chi connectivity index (χ4n) is 1.97. The number of hydrogen-bond donors (Lipinski definition) is 2. The first-order valence-electron chi connectivity index (χ1n) is 6.42. The molecule has 0 saturated carbocycles. The first-order chi connectivity index (χ1) is 10.0. The smallest absolute Gasteiger partial charge is 0.370 e. The molecule has 0 radical (unpaired) electrons. The van der Waals surface area contributed by atoms with Crippen molar-refractivity contribution in [2.75, 3.05) is 0 Å². The molecule has 0 spiro atoms. The molecule has 2 N–H and O–H groups in total. The van der Waals surface area contributed by atoms with E-state index in [2.05, 4.69) is 0 Å². The molecule has 2 heterocycles. The zero-order valence-corrected chi connectivity index (χ0v) is 11.3. The lowest BCUT2D eigenvalue weighted by atomic mass is 10.1. The number of rotatable bonds is 6. The van der Waals surface area contributed by atoms with Gasteiger partial charge in [0.1, 0.15) is 0 Å². The van der Waals surface area contributed by atoms with Crippen molar-refractivity contribution in [3.8, 4) is 0 Å². The third-order valence-electron chi connectivity index (χ3n) is 2.96. The number of aromatic nitrogens is 2. The van der Waals surface area contributed by atoms with Gasteiger partial charge in [0.05, 0.1) is 0 Å². The summed E-state index contributed by atoms with van der Waals surface area (Å²) in [7, 11) is 0. The van der Waals surface area contributed by atoms with E-state index in [0.29, 0.717) is 6.42 Å². The summed E-state index contributed by atoms with van der Waals surface area (Å²) in [6, 6.07) is 7.50. The summed E-state index contributed by atoms with van der Waals surface area (Å²) in [6.45, 7) is -0.110. The summed E-state index contributed by atoms with van der Waals surface area (Å²) < 4.78 is 3.19. The molecule has 2 aromatic rings. The second-order valence-electron chi connectivity index (χ2n) is 4.72. The van der Waals surface area contributed by atoms with Crippen molar-refractivity contribution in [2.24, 2.45) is 0 Å². The lowest BCUT2D eigenvalue weighted by Gasteiger charge is -2.00. The van der Waals surface area contributed by atoms with Gasteiger partial charge in [-0.2, -0.15) is 9.13 Å². The Labute approximate surface area is 121 Å². The lowest BCUT2D eigenvalue weighted by Crippen LogP contribution is -2.37. The minimum atomic E-state index is -0.876. The first kappa shape index (κ1) is 14.6. The van der Waals surface area contributed by atoms with E-state index in [4.69, 9.17) is 10.2 Å². The van der Waals surface area contributed by atoms with E-state index in [0.717, 1.165) is 11.1 Å². The van der Waals surface area contributed by atoms with Crippen molar-refractivity contribution in [2.45, 2.75) is 19.5 Å². The Morgan fingerprint density at radius 1 is 0.762 bits per heavy atom. The maximum atomic E-state index is 10.6. The van der Waals surface area contributed by atoms with Gasteiger partial charge in [0, 0.05) is 24.3 Å². The molecule has 0 saturated heterocycles. The molecule has 0 aliphatic rings. The Balaban J connectivity index is 2.01. The third kappa shape index (κ3) is 4.68. The highest BCUT2D eigenvalue weighted by Crippen LogP contribution is 2.05. The number of pyridine rings is 2. The lowest BCUT2D eigenvalue weighted by molar-refractivity contribution is -0.685. The van der Waals surface area contributed by atoms with Crippen molar-refractivity contribution in [1.82, 2.24) is 0 Å². The average molecular weight is 288 g/mol. The molecular formula is C15H16N2O4+2. The molecule has 0 unspecified atom stereocenters. The van der Waals surface area contributed by atoms with E-state index in [1.54, 1.807) is 33.9 Å². The van der Waals surface area contributed by atoms with Crippen LogP contribution in [0, 0.1) is 0 Å². The maximum absolute atomic E-state index is 10.6. The van der Waals surface area contributed by atoms with Crippen LogP contribution in [0.5, 0.6) is 0 Å². The minimum Gasteiger partial charge on any atom is -0.477 e. The van der Waals surface area contributed by atoms with E-state index in [9.17, 15) is 9.59 Å². The zero-order valence-electron chi connectivity index (χ0n) is 11.3. The van der Waals surface area contributed by atoms with Crippen molar-refractivity contribution < 1.29 is 28.9 Å². The average Bonchev–Trinajstić information content (AvgIpc) is 2.42. The fourth-order valence-corrected chi connectivity index (χ4v) is 1.97. The van der Waals surface area contributed by atoms with Crippen LogP contribution in [0.2, 0.25) is 0 Å². The van der Waals surface area contributed by atoms with Crippen molar-refractivity contribution >= 4 is 11.9 Å². The van der Waals surface area contributed by atoms with Crippen LogP contribution in [0.15, 0.2) is 49.1 Å². The SMILES string of the molecule is O=C(O)C[n+]1ccc(Cc2cc[n+](CC(=O)O)cc2)cc1. The second kappa shape index (κ2) is 6.60. The summed E-state index contributed by atoms with van der Waals surface area (Å²) in [5.74, 6) is -1.75. The van der Waals surface area contributed by atoms with E-state index in [-0.39, 0.29) is 13.1 Å². The Hall–Kier alpha value is -2.76. The van der Waals surface area contributed by atoms with Crippen molar-refractivity contribution in [3.05, 3.63) is 60.2 Å². The highest BCUT2D eigenvalue weighted by molar-refractivity contribution is 5.65. The summed E-state index contributed by atoms with van der Waals surface area (Å²) in [5, 5.41) is 17.4. The molecule has 6 heteroatoms. The zero-order chi connectivity index (χ0) is 15.2. The van der Waals surface area contributed by atoms with E-state index in [1.165, 1.54) is 0 Å². The molecule has 0 bridgehead atoms. The van der Waals surface area contributed by atoms with Gasteiger partial charge in [0.25, 0.3) is 0 Å². The second-order valence-corrected chi connectivity index (χ2v) is 4.72. The molecule has 6 nitrogen and oxygen atoms in total. The minimum absolute atomic E-state index is 0.0548. The van der Waals surface area contributed by atoms with E-state index >= 15 is 0 Å². The highest BCUT2D eigenvalue weighted by Gasteiger charge is 2.08. The van der Waals surface area contributed by atoms with E-state index < -0.39 is 11.9 Å². The van der Waals surface area contributed by atoms with Crippen LogP contribution in [0.3, 0.4) is 0 Å². The topological polar surface area (TPSA) is 82.4 Å². The molecule has 2 aromatic heterocycles. The molecule has 0 aliphatic heterocycles. The third-order valence-corrected chi connectivity index (χ3v) is 2.96. The standard InChI is InChI=1S/C15H14N2O4/c18-14(19)10-16-5-1-12(2-6-16)9-13-3-7-17(8-4-13)11-15(20)21/h1-8H,9-11H2/p+2. The van der Waals surface area contributed by atoms with Gasteiger partial charge in [-0.05, 0) is 17.5 Å². The molecule has 0 amide bonds. The van der Waals surface area contributed by atoms with Gasteiger partial charge >= 0.3 is 11.9 Å². The van der Waals surface area contributed by atoms with Gasteiger partial charge in [0.2, 0.25) is 13.1 Å². The Morgan fingerprint density at radius 2 is 1.10 bits per heavy atom. The first-order valence-corrected chi connectivity index (χ1v) is 6.42. The van der Waals surface area contributed by atoms with Gasteiger partial charge in [-0.25, -0.2) is 9.59 Å². The predicted molar refractivity (Wildman–Crippen MR) is 71.4 cm³/mol. The number of carboxylic acids is 2. The molecule has 108 valence electrons. The van der Waals surface area contributed by atoms with Gasteiger partial charge in [-0.1, -0.05) is 0 Å². The summed E-state index contributed by atoms with van der Waals surface area (Å²) in [4.78, 5) is 21.2. The van der Waals surface area contributed by atoms with Gasteiger partial charge in [0.15, 0.2) is 24.8 Å². The van der Waals surface area contributed by atoms with Crippen LogP contribution >= 0.6 is 0 Å². The van der Waals surface area contributed by atoms with E-state index in [1.807, 2.05) is 24.3 Å². The van der Waals surface area contributed by atoms with Gasteiger partial charge in [-0.3, -0.25) is 0 Å². The summed E-state index contributed by atoms with van der Waals surface area (Å²) in [5.41, 5.74) is 2.13. The Bertz CT molecular complexity index is 578. The van der Waals surface area contributed by atoms with Crippen LogP contribution in [-0.2, 0) is 29.1 Å². The van der Waals surface area contributed by atoms with Crippen LogP contribution in [0.25, 0.3) is 0 Å². The molecule has 21 heavy (non-hydrogen) atoms. The normalized spacial score (nSPS) is 10.3. The predicted octanol–water partition coefficient (Wildman–Crippen LogP) is 0.0216. The Morgan fingerprint density at radius 3 is 1.38 bits per heavy atom. The fraction of sp³-hybridized carbons (Fsp3) is 0.200. The highest BCUT2D eigenvalue weighted by atomic mass is 16.4. The van der Waals surface area contributed by atoms with Crippen LogP contribution in [0.1, 0.15) is 11.1 Å². The quantitative estimate of drug-likeness (QED) is 0.734. The monoisotopic (exact) mass is 288 g/mol. The molecule has 2 rings (SSSR count). The van der Waals surface area contributed by atoms with Crippen LogP contribution in [0.4, 0.5) is 0 Å². The Kier molecular flexibility index (Phi) is 4.61. The number of aliphatic carboxylic acids is 2. The largest absolute Gasteiger partial charge is 0.477 e. The summed E-state index contributed by atoms with van der Waals surface area (Å²) >= 11 is 0. The van der Waals surface area contributed by atoms with Crippen LogP contribution < -0.4 is 9.13 Å². The van der Waals surface area contributed by atoms with Gasteiger partial charge in [-0.15, -0.1) is 0 Å². The molecule has 0 fully saturated rings. The van der Waals surface area contributed by atoms with Crippen molar-refractivity contribution in [3.63, 3.8) is 0 Å². The number of carboxylic acid groups (broad SMARTS) is 2.